The number of carbonyl (C=O) groups excluding carboxylic acids is 2. The van der Waals surface area contributed by atoms with Crippen LogP contribution in [0.25, 0.3) is 0 Å². The van der Waals surface area contributed by atoms with Gasteiger partial charge < -0.3 is 10.6 Å². The van der Waals surface area contributed by atoms with Crippen LogP contribution in [0, 0.1) is 20.8 Å². The highest BCUT2D eigenvalue weighted by Gasteiger charge is 2.19. The number of amides is 2. The van der Waals surface area contributed by atoms with Crippen molar-refractivity contribution in [1.82, 2.24) is 15.0 Å². The predicted molar refractivity (Wildman–Crippen MR) is 113 cm³/mol. The van der Waals surface area contributed by atoms with E-state index in [1.165, 1.54) is 4.68 Å². The van der Waals surface area contributed by atoms with Crippen molar-refractivity contribution in [2.45, 2.75) is 40.7 Å². The summed E-state index contributed by atoms with van der Waals surface area (Å²) < 4.78 is 1.43. The van der Waals surface area contributed by atoms with Crippen molar-refractivity contribution in [3.63, 3.8) is 0 Å². The lowest BCUT2D eigenvalue weighted by Crippen LogP contribution is -2.22. The highest BCUT2D eigenvalue weighted by atomic mass is 16.2. The molecule has 150 valence electrons. The van der Waals surface area contributed by atoms with Crippen LogP contribution < -0.4 is 10.6 Å². The van der Waals surface area contributed by atoms with Crippen molar-refractivity contribution in [3.8, 4) is 0 Å². The topological polar surface area (TPSA) is 88.9 Å². The summed E-state index contributed by atoms with van der Waals surface area (Å²) in [6.45, 7) is 7.62. The standard InChI is InChI=1S/C22H25N5O2/c1-5-17-11-6-7-12-18(17)23-22(29)21-16(4)27(26-25-21)13-19(28)24-20-14(2)9-8-10-15(20)3/h6-12H,5,13H2,1-4H3,(H,23,29)(H,24,28). The number of carbonyl (C=O) groups is 2. The van der Waals surface area contributed by atoms with Gasteiger partial charge in [0.25, 0.3) is 5.91 Å². The van der Waals surface area contributed by atoms with Crippen LogP contribution in [0.5, 0.6) is 0 Å². The third-order valence-electron chi connectivity index (χ3n) is 4.88. The fourth-order valence-electron chi connectivity index (χ4n) is 3.18. The summed E-state index contributed by atoms with van der Waals surface area (Å²) in [5, 5.41) is 13.8. The molecule has 7 heteroatoms. The maximum Gasteiger partial charge on any atom is 0.278 e. The summed E-state index contributed by atoms with van der Waals surface area (Å²) in [4.78, 5) is 25.1. The van der Waals surface area contributed by atoms with E-state index in [1.54, 1.807) is 6.92 Å². The Kier molecular flexibility index (Phi) is 6.07. The summed E-state index contributed by atoms with van der Waals surface area (Å²) in [6, 6.07) is 13.5. The summed E-state index contributed by atoms with van der Waals surface area (Å²) >= 11 is 0. The molecule has 0 aliphatic rings. The third-order valence-corrected chi connectivity index (χ3v) is 4.88. The van der Waals surface area contributed by atoms with Gasteiger partial charge in [-0.3, -0.25) is 9.59 Å². The Morgan fingerprint density at radius 1 is 0.966 bits per heavy atom. The Hall–Kier alpha value is -3.48. The minimum atomic E-state index is -0.343. The van der Waals surface area contributed by atoms with Crippen LogP contribution in [0.1, 0.15) is 39.8 Å². The molecular formula is C22H25N5O2. The number of nitrogens with zero attached hydrogens (tertiary/aromatic N) is 3. The quantitative estimate of drug-likeness (QED) is 0.671. The van der Waals surface area contributed by atoms with E-state index in [1.807, 2.05) is 63.2 Å². The minimum Gasteiger partial charge on any atom is -0.324 e. The molecule has 0 saturated carbocycles. The average molecular weight is 391 g/mol. The van der Waals surface area contributed by atoms with Crippen LogP contribution in [0.15, 0.2) is 42.5 Å². The largest absolute Gasteiger partial charge is 0.324 e. The van der Waals surface area contributed by atoms with Crippen LogP contribution in [0.4, 0.5) is 11.4 Å². The Bertz CT molecular complexity index is 1030. The molecule has 0 aliphatic heterocycles. The van der Waals surface area contributed by atoms with Gasteiger partial charge in [-0.2, -0.15) is 0 Å². The Labute approximate surface area is 170 Å². The lowest BCUT2D eigenvalue weighted by atomic mass is 10.1. The first kappa shape index (κ1) is 20.3. The van der Waals surface area contributed by atoms with Crippen LogP contribution in [0.2, 0.25) is 0 Å². The minimum absolute atomic E-state index is 0.0224. The predicted octanol–water partition coefficient (Wildman–Crippen LogP) is 3.66. The second kappa shape index (κ2) is 8.68. The second-order valence-corrected chi connectivity index (χ2v) is 6.96. The van der Waals surface area contributed by atoms with Crippen molar-refractivity contribution >= 4 is 23.2 Å². The second-order valence-electron chi connectivity index (χ2n) is 6.96. The molecule has 0 spiro atoms. The van der Waals surface area contributed by atoms with Gasteiger partial charge >= 0.3 is 0 Å². The molecule has 0 unspecified atom stereocenters. The number of aryl methyl sites for hydroxylation is 3. The van der Waals surface area contributed by atoms with E-state index in [2.05, 4.69) is 20.9 Å². The van der Waals surface area contributed by atoms with E-state index in [-0.39, 0.29) is 24.1 Å². The smallest absolute Gasteiger partial charge is 0.278 e. The van der Waals surface area contributed by atoms with Gasteiger partial charge in [0.2, 0.25) is 5.91 Å². The molecule has 29 heavy (non-hydrogen) atoms. The molecule has 1 aromatic heterocycles. The number of hydrogen-bond acceptors (Lipinski definition) is 4. The zero-order valence-corrected chi connectivity index (χ0v) is 17.1. The van der Waals surface area contributed by atoms with Gasteiger partial charge in [0.05, 0.1) is 5.69 Å². The zero-order valence-electron chi connectivity index (χ0n) is 17.1. The van der Waals surface area contributed by atoms with Crippen LogP contribution in [-0.2, 0) is 17.8 Å². The first-order valence-electron chi connectivity index (χ1n) is 9.56. The number of para-hydroxylation sites is 2. The van der Waals surface area contributed by atoms with E-state index < -0.39 is 0 Å². The Balaban J connectivity index is 1.72. The molecule has 3 rings (SSSR count). The van der Waals surface area contributed by atoms with Crippen molar-refractivity contribution in [2.24, 2.45) is 0 Å². The number of nitrogens with one attached hydrogen (secondary N) is 2. The fourth-order valence-corrected chi connectivity index (χ4v) is 3.18. The molecule has 0 fully saturated rings. The monoisotopic (exact) mass is 391 g/mol. The van der Waals surface area contributed by atoms with E-state index in [9.17, 15) is 9.59 Å². The SMILES string of the molecule is CCc1ccccc1NC(=O)c1nnn(CC(=O)Nc2c(C)cccc2C)c1C. The number of aromatic nitrogens is 3. The number of hydrogen-bond donors (Lipinski definition) is 2. The van der Waals surface area contributed by atoms with Crippen molar-refractivity contribution in [2.75, 3.05) is 10.6 Å². The Morgan fingerprint density at radius 2 is 1.66 bits per heavy atom. The molecule has 3 aromatic rings. The zero-order chi connectivity index (χ0) is 21.0. The molecule has 0 atom stereocenters. The van der Waals surface area contributed by atoms with E-state index in [4.69, 9.17) is 0 Å². The summed E-state index contributed by atoms with van der Waals surface area (Å²) in [6.07, 6.45) is 0.806. The molecule has 0 saturated heterocycles. The van der Waals surface area contributed by atoms with Gasteiger partial charge in [0.15, 0.2) is 5.69 Å². The molecule has 1 heterocycles. The maximum absolute atomic E-state index is 12.7. The van der Waals surface area contributed by atoms with Crippen LogP contribution in [-0.4, -0.2) is 26.8 Å². The molecule has 0 bridgehead atoms. The van der Waals surface area contributed by atoms with Gasteiger partial charge in [-0.1, -0.05) is 48.5 Å². The van der Waals surface area contributed by atoms with Gasteiger partial charge in [-0.15, -0.1) is 5.10 Å². The maximum atomic E-state index is 12.7. The third kappa shape index (κ3) is 4.51. The van der Waals surface area contributed by atoms with Crippen LogP contribution >= 0.6 is 0 Å². The number of anilines is 2. The molecule has 0 radical (unpaired) electrons. The first-order chi connectivity index (χ1) is 13.9. The molecule has 7 nitrogen and oxygen atoms in total. The molecule has 0 aliphatic carbocycles. The molecular weight excluding hydrogens is 366 g/mol. The van der Waals surface area contributed by atoms with E-state index in [0.717, 1.165) is 34.5 Å². The fraction of sp³-hybridized carbons (Fsp3) is 0.273. The summed E-state index contributed by atoms with van der Waals surface area (Å²) in [5.41, 5.74) is 5.31. The van der Waals surface area contributed by atoms with Gasteiger partial charge in [0.1, 0.15) is 6.54 Å². The summed E-state index contributed by atoms with van der Waals surface area (Å²) in [5.74, 6) is -0.566. The molecule has 2 aromatic carbocycles. The highest BCUT2D eigenvalue weighted by Crippen LogP contribution is 2.20. The Morgan fingerprint density at radius 3 is 2.34 bits per heavy atom. The van der Waals surface area contributed by atoms with Gasteiger partial charge in [0, 0.05) is 11.4 Å². The van der Waals surface area contributed by atoms with Crippen molar-refractivity contribution in [1.29, 1.82) is 0 Å². The molecule has 2 amide bonds. The van der Waals surface area contributed by atoms with Gasteiger partial charge in [-0.25, -0.2) is 4.68 Å². The lowest BCUT2D eigenvalue weighted by Gasteiger charge is -2.12. The van der Waals surface area contributed by atoms with E-state index >= 15 is 0 Å². The van der Waals surface area contributed by atoms with Crippen molar-refractivity contribution in [3.05, 3.63) is 70.5 Å². The lowest BCUT2D eigenvalue weighted by molar-refractivity contribution is -0.117. The number of rotatable bonds is 6. The molecule has 2 N–H and O–H groups in total. The normalized spacial score (nSPS) is 10.6. The van der Waals surface area contributed by atoms with Crippen molar-refractivity contribution < 1.29 is 9.59 Å². The van der Waals surface area contributed by atoms with Gasteiger partial charge in [-0.05, 0) is 49.9 Å². The number of benzene rings is 2. The summed E-state index contributed by atoms with van der Waals surface area (Å²) in [7, 11) is 0. The van der Waals surface area contributed by atoms with Crippen LogP contribution in [0.3, 0.4) is 0 Å². The first-order valence-corrected chi connectivity index (χ1v) is 9.56. The average Bonchev–Trinajstić information content (AvgIpc) is 3.05. The highest BCUT2D eigenvalue weighted by molar-refractivity contribution is 6.04. The van der Waals surface area contributed by atoms with E-state index in [0.29, 0.717) is 5.69 Å².